The molecule has 3 atom stereocenters. The van der Waals surface area contributed by atoms with Crippen molar-refractivity contribution >= 4 is 16.9 Å². The van der Waals surface area contributed by atoms with Gasteiger partial charge in [-0.3, -0.25) is 9.98 Å². The molecule has 3 aromatic rings. The molecule has 0 unspecified atom stereocenters. The quantitative estimate of drug-likeness (QED) is 0.644. The number of hydrogen-bond acceptors (Lipinski definition) is 5. The zero-order valence-electron chi connectivity index (χ0n) is 16.4. The minimum atomic E-state index is 0.0359. The third-order valence-electron chi connectivity index (χ3n) is 5.71. The molecule has 2 aliphatic heterocycles. The number of aliphatic imine (C=N–C) groups is 1. The van der Waals surface area contributed by atoms with E-state index in [0.29, 0.717) is 5.25 Å². The van der Waals surface area contributed by atoms with Crippen molar-refractivity contribution in [1.29, 1.82) is 0 Å². The van der Waals surface area contributed by atoms with Crippen molar-refractivity contribution < 1.29 is 4.42 Å². The van der Waals surface area contributed by atoms with E-state index in [2.05, 4.69) is 53.4 Å². The van der Waals surface area contributed by atoms with Gasteiger partial charge in [0.1, 0.15) is 11.8 Å². The Morgan fingerprint density at radius 1 is 1.21 bits per heavy atom. The Labute approximate surface area is 169 Å². The molecule has 1 fully saturated rings. The molecule has 0 N–H and O–H groups in total. The maximum Gasteiger partial charge on any atom is 0.160 e. The summed E-state index contributed by atoms with van der Waals surface area (Å²) in [6.45, 7) is 8.45. The van der Waals surface area contributed by atoms with Crippen molar-refractivity contribution in [3.63, 3.8) is 0 Å². The lowest BCUT2D eigenvalue weighted by molar-refractivity contribution is 0.320. The lowest BCUT2D eigenvalue weighted by Gasteiger charge is -2.27. The SMILES string of the molecule is Cc1cc([C@H]2[C@@H](c3ccccn3)N=C3S[C@@H](C)CN32)c(C)n1Cc1ccco1. The average Bonchev–Trinajstić information content (AvgIpc) is 3.44. The normalized spacial score (nSPS) is 23.9. The third-order valence-corrected chi connectivity index (χ3v) is 6.81. The molecular weight excluding hydrogens is 368 g/mol. The Bertz CT molecular complexity index is 1010. The minimum absolute atomic E-state index is 0.0359. The summed E-state index contributed by atoms with van der Waals surface area (Å²) < 4.78 is 7.93. The molecule has 5 rings (SSSR count). The molecule has 28 heavy (non-hydrogen) atoms. The number of nitrogens with zero attached hydrogens (tertiary/aromatic N) is 4. The first-order valence-corrected chi connectivity index (χ1v) is 10.6. The Balaban J connectivity index is 1.56. The van der Waals surface area contributed by atoms with E-state index in [0.717, 1.165) is 29.7 Å². The summed E-state index contributed by atoms with van der Waals surface area (Å²) in [5.74, 6) is 0.975. The van der Waals surface area contributed by atoms with Gasteiger partial charge in [-0.15, -0.1) is 0 Å². The number of rotatable bonds is 4. The van der Waals surface area contributed by atoms with Gasteiger partial charge in [0.2, 0.25) is 0 Å². The van der Waals surface area contributed by atoms with Gasteiger partial charge in [-0.05, 0) is 49.7 Å². The molecule has 0 bridgehead atoms. The molecule has 2 aliphatic rings. The number of aromatic nitrogens is 2. The van der Waals surface area contributed by atoms with Gasteiger partial charge in [-0.2, -0.15) is 0 Å². The fraction of sp³-hybridized carbons (Fsp3) is 0.364. The van der Waals surface area contributed by atoms with Crippen LogP contribution in [-0.2, 0) is 6.54 Å². The predicted molar refractivity (Wildman–Crippen MR) is 113 cm³/mol. The number of amidine groups is 1. The molecule has 0 aromatic carbocycles. The van der Waals surface area contributed by atoms with Crippen LogP contribution in [0.4, 0.5) is 0 Å². The second kappa shape index (κ2) is 6.85. The van der Waals surface area contributed by atoms with E-state index in [9.17, 15) is 0 Å². The van der Waals surface area contributed by atoms with Gasteiger partial charge < -0.3 is 13.9 Å². The molecule has 0 spiro atoms. The van der Waals surface area contributed by atoms with Gasteiger partial charge in [0.05, 0.1) is 24.5 Å². The van der Waals surface area contributed by atoms with E-state index >= 15 is 0 Å². The summed E-state index contributed by atoms with van der Waals surface area (Å²) in [6, 6.07) is 12.6. The molecule has 0 amide bonds. The predicted octanol–water partition coefficient (Wildman–Crippen LogP) is 4.73. The Kier molecular flexibility index (Phi) is 4.31. The first-order chi connectivity index (χ1) is 13.6. The number of aryl methyl sites for hydroxylation is 1. The van der Waals surface area contributed by atoms with Crippen LogP contribution in [0.15, 0.2) is 58.3 Å². The molecule has 5 heterocycles. The molecule has 6 heteroatoms. The third kappa shape index (κ3) is 2.87. The van der Waals surface area contributed by atoms with E-state index < -0.39 is 0 Å². The highest BCUT2D eigenvalue weighted by Gasteiger charge is 2.44. The first kappa shape index (κ1) is 17.6. The van der Waals surface area contributed by atoms with Crippen molar-refractivity contribution in [3.05, 3.63) is 77.3 Å². The van der Waals surface area contributed by atoms with Crippen LogP contribution in [-0.4, -0.2) is 31.4 Å². The summed E-state index contributed by atoms with van der Waals surface area (Å²) >= 11 is 1.88. The van der Waals surface area contributed by atoms with Crippen LogP contribution in [0.5, 0.6) is 0 Å². The van der Waals surface area contributed by atoms with E-state index in [4.69, 9.17) is 9.41 Å². The monoisotopic (exact) mass is 392 g/mol. The smallest absolute Gasteiger partial charge is 0.160 e. The topological polar surface area (TPSA) is 46.6 Å². The second-order valence-electron chi connectivity index (χ2n) is 7.63. The molecule has 3 aromatic heterocycles. The van der Waals surface area contributed by atoms with Crippen LogP contribution >= 0.6 is 11.8 Å². The summed E-state index contributed by atoms with van der Waals surface area (Å²) in [4.78, 5) is 12.2. The largest absolute Gasteiger partial charge is 0.467 e. The van der Waals surface area contributed by atoms with Gasteiger partial charge >= 0.3 is 0 Å². The zero-order valence-corrected chi connectivity index (χ0v) is 17.2. The van der Waals surface area contributed by atoms with Gasteiger partial charge in [0.15, 0.2) is 5.17 Å². The maximum absolute atomic E-state index is 5.59. The van der Waals surface area contributed by atoms with Crippen molar-refractivity contribution in [2.75, 3.05) is 6.54 Å². The van der Waals surface area contributed by atoms with E-state index in [1.165, 1.54) is 17.0 Å². The van der Waals surface area contributed by atoms with Gasteiger partial charge in [-0.1, -0.05) is 24.8 Å². The fourth-order valence-electron chi connectivity index (χ4n) is 4.38. The van der Waals surface area contributed by atoms with Gasteiger partial charge in [-0.25, -0.2) is 0 Å². The van der Waals surface area contributed by atoms with E-state index in [1.54, 1.807) is 6.26 Å². The Morgan fingerprint density at radius 2 is 2.11 bits per heavy atom. The summed E-state index contributed by atoms with van der Waals surface area (Å²) in [5.41, 5.74) is 4.91. The molecule has 0 aliphatic carbocycles. The van der Waals surface area contributed by atoms with Crippen molar-refractivity contribution in [3.8, 4) is 0 Å². The average molecular weight is 393 g/mol. The van der Waals surface area contributed by atoms with Crippen molar-refractivity contribution in [2.45, 2.75) is 44.6 Å². The summed E-state index contributed by atoms with van der Waals surface area (Å²) in [7, 11) is 0. The number of furan rings is 1. The van der Waals surface area contributed by atoms with Crippen molar-refractivity contribution in [2.24, 2.45) is 4.99 Å². The van der Waals surface area contributed by atoms with Crippen LogP contribution in [0.1, 0.15) is 47.4 Å². The highest BCUT2D eigenvalue weighted by Crippen LogP contribution is 2.48. The highest BCUT2D eigenvalue weighted by atomic mass is 32.2. The molecule has 0 radical (unpaired) electrons. The standard InChI is InChI=1S/C22H24N4OS/c1-14-11-18(16(3)25(14)13-17-7-6-10-27-17)21-20(19-8-4-5-9-23-19)24-22-26(21)12-15(2)28-22/h4-11,15,20-21H,12-13H2,1-3H3/t15-,20+,21-/m0/s1. The molecule has 0 saturated carbocycles. The number of thioether (sulfide) groups is 1. The van der Waals surface area contributed by atoms with Crippen LogP contribution in [0.3, 0.4) is 0 Å². The Hall–Kier alpha value is -2.47. The molecule has 144 valence electrons. The lowest BCUT2D eigenvalue weighted by atomic mass is 9.96. The van der Waals surface area contributed by atoms with Crippen LogP contribution in [0.25, 0.3) is 0 Å². The van der Waals surface area contributed by atoms with Gasteiger partial charge in [0, 0.05) is 29.4 Å². The molecule has 1 saturated heterocycles. The van der Waals surface area contributed by atoms with Crippen LogP contribution in [0, 0.1) is 13.8 Å². The zero-order chi connectivity index (χ0) is 19.3. The summed E-state index contributed by atoms with van der Waals surface area (Å²) in [6.07, 6.45) is 3.60. The van der Waals surface area contributed by atoms with E-state index in [1.807, 2.05) is 36.2 Å². The number of pyridine rings is 1. The minimum Gasteiger partial charge on any atom is -0.467 e. The fourth-order valence-corrected chi connectivity index (χ4v) is 5.48. The summed E-state index contributed by atoms with van der Waals surface area (Å²) in [5, 5.41) is 1.72. The lowest BCUT2D eigenvalue weighted by Crippen LogP contribution is -2.29. The Morgan fingerprint density at radius 3 is 2.86 bits per heavy atom. The highest BCUT2D eigenvalue weighted by molar-refractivity contribution is 8.14. The first-order valence-electron chi connectivity index (χ1n) is 9.73. The number of hydrogen-bond donors (Lipinski definition) is 0. The van der Waals surface area contributed by atoms with Gasteiger partial charge in [0.25, 0.3) is 0 Å². The van der Waals surface area contributed by atoms with Crippen LogP contribution < -0.4 is 0 Å². The van der Waals surface area contributed by atoms with Crippen molar-refractivity contribution in [1.82, 2.24) is 14.5 Å². The second-order valence-corrected chi connectivity index (χ2v) is 9.03. The molecular formula is C22H24N4OS. The van der Waals surface area contributed by atoms with Crippen LogP contribution in [0.2, 0.25) is 0 Å². The maximum atomic E-state index is 5.59. The van der Waals surface area contributed by atoms with E-state index in [-0.39, 0.29) is 12.1 Å². The number of fused-ring (bicyclic) bond motifs is 1. The molecule has 5 nitrogen and oxygen atoms in total.